The Hall–Kier alpha value is -3.41. The summed E-state index contributed by atoms with van der Waals surface area (Å²) in [7, 11) is 0. The monoisotopic (exact) mass is 362 g/mol. The summed E-state index contributed by atoms with van der Waals surface area (Å²) >= 11 is 0. The van der Waals surface area contributed by atoms with Crippen molar-refractivity contribution in [3.05, 3.63) is 77.4 Å². The van der Waals surface area contributed by atoms with E-state index in [1.807, 2.05) is 43.3 Å². The number of aromatic nitrogens is 2. The lowest BCUT2D eigenvalue weighted by Crippen LogP contribution is -2.21. The van der Waals surface area contributed by atoms with E-state index in [1.165, 1.54) is 11.1 Å². The van der Waals surface area contributed by atoms with Gasteiger partial charge in [0.2, 0.25) is 0 Å². The predicted octanol–water partition coefficient (Wildman–Crippen LogP) is 3.72. The second kappa shape index (κ2) is 8.80. The van der Waals surface area contributed by atoms with Crippen LogP contribution in [0, 0.1) is 13.8 Å². The highest BCUT2D eigenvalue weighted by molar-refractivity contribution is 5.90. The van der Waals surface area contributed by atoms with Crippen molar-refractivity contribution in [2.24, 2.45) is 0 Å². The molecule has 0 aliphatic rings. The maximum atomic E-state index is 12.0. The van der Waals surface area contributed by atoms with Crippen LogP contribution in [-0.2, 0) is 11.3 Å². The first-order valence-electron chi connectivity index (χ1n) is 8.71. The summed E-state index contributed by atoms with van der Waals surface area (Å²) in [4.78, 5) is 12.0. The molecule has 0 atom stereocenters. The molecule has 3 aromatic rings. The molecular weight excluding hydrogens is 340 g/mol. The van der Waals surface area contributed by atoms with Crippen LogP contribution < -0.4 is 15.4 Å². The van der Waals surface area contributed by atoms with E-state index in [0.717, 1.165) is 5.56 Å². The maximum absolute atomic E-state index is 12.0. The molecule has 1 heterocycles. The minimum absolute atomic E-state index is 0.0853. The number of anilines is 2. The molecule has 0 aliphatic carbocycles. The van der Waals surface area contributed by atoms with Crippen LogP contribution in [0.2, 0.25) is 0 Å². The van der Waals surface area contributed by atoms with Gasteiger partial charge in [0.15, 0.2) is 12.4 Å². The van der Waals surface area contributed by atoms with Gasteiger partial charge in [-0.15, -0.1) is 10.2 Å². The topological polar surface area (TPSA) is 76.1 Å². The van der Waals surface area contributed by atoms with E-state index >= 15 is 0 Å². The third-order valence-corrected chi connectivity index (χ3v) is 4.04. The Bertz CT molecular complexity index is 893. The first-order chi connectivity index (χ1) is 13.1. The van der Waals surface area contributed by atoms with Crippen molar-refractivity contribution in [2.45, 2.75) is 20.4 Å². The fourth-order valence-corrected chi connectivity index (χ4v) is 2.45. The fraction of sp³-hybridized carbons (Fsp3) is 0.190. The number of nitrogens with zero attached hydrogens (tertiary/aromatic N) is 2. The lowest BCUT2D eigenvalue weighted by molar-refractivity contribution is -0.118. The van der Waals surface area contributed by atoms with Gasteiger partial charge in [-0.3, -0.25) is 4.79 Å². The maximum Gasteiger partial charge on any atom is 0.263 e. The second-order valence-electron chi connectivity index (χ2n) is 6.23. The summed E-state index contributed by atoms with van der Waals surface area (Å²) in [5.74, 6) is 1.39. The normalized spacial score (nSPS) is 10.3. The van der Waals surface area contributed by atoms with Crippen molar-refractivity contribution >= 4 is 17.5 Å². The molecule has 0 saturated carbocycles. The number of hydrogen-bond acceptors (Lipinski definition) is 5. The molecule has 0 saturated heterocycles. The van der Waals surface area contributed by atoms with Crippen molar-refractivity contribution in [1.29, 1.82) is 0 Å². The van der Waals surface area contributed by atoms with E-state index in [2.05, 4.69) is 39.9 Å². The highest BCUT2D eigenvalue weighted by Gasteiger charge is 2.06. The van der Waals surface area contributed by atoms with Gasteiger partial charge < -0.3 is 15.4 Å². The number of hydrogen-bond donors (Lipinski definition) is 2. The fourth-order valence-electron chi connectivity index (χ4n) is 2.45. The molecular formula is C21H22N4O2. The summed E-state index contributed by atoms with van der Waals surface area (Å²) in [5.41, 5.74) is 3.55. The smallest absolute Gasteiger partial charge is 0.263 e. The molecule has 1 amide bonds. The van der Waals surface area contributed by atoms with Gasteiger partial charge in [0, 0.05) is 6.54 Å². The van der Waals surface area contributed by atoms with Crippen molar-refractivity contribution in [3.63, 3.8) is 0 Å². The van der Waals surface area contributed by atoms with Gasteiger partial charge >= 0.3 is 0 Å². The molecule has 0 radical (unpaired) electrons. The van der Waals surface area contributed by atoms with E-state index in [9.17, 15) is 4.79 Å². The predicted molar refractivity (Wildman–Crippen MR) is 106 cm³/mol. The zero-order valence-electron chi connectivity index (χ0n) is 15.4. The Morgan fingerprint density at radius 3 is 2.33 bits per heavy atom. The molecule has 1 aromatic heterocycles. The van der Waals surface area contributed by atoms with Gasteiger partial charge in [0.1, 0.15) is 11.6 Å². The molecule has 0 spiro atoms. The molecule has 6 nitrogen and oxygen atoms in total. The van der Waals surface area contributed by atoms with Crippen LogP contribution in [0.15, 0.2) is 60.7 Å². The number of aryl methyl sites for hydroxylation is 2. The zero-order valence-corrected chi connectivity index (χ0v) is 15.4. The SMILES string of the molecule is Cc1ccc(OCC(=O)Nc2ccc(NCc3ccccc3C)nn2)cc1. The Balaban J connectivity index is 1.47. The van der Waals surface area contributed by atoms with Gasteiger partial charge in [0.25, 0.3) is 5.91 Å². The Labute approximate surface area is 158 Å². The number of carbonyl (C=O) groups is 1. The van der Waals surface area contributed by atoms with Crippen LogP contribution in [0.3, 0.4) is 0 Å². The molecule has 0 fully saturated rings. The average molecular weight is 362 g/mol. The Kier molecular flexibility index (Phi) is 5.99. The Morgan fingerprint density at radius 2 is 1.63 bits per heavy atom. The minimum Gasteiger partial charge on any atom is -0.484 e. The van der Waals surface area contributed by atoms with E-state index < -0.39 is 0 Å². The van der Waals surface area contributed by atoms with Crippen LogP contribution >= 0.6 is 0 Å². The highest BCUT2D eigenvalue weighted by atomic mass is 16.5. The molecule has 0 unspecified atom stereocenters. The Morgan fingerprint density at radius 1 is 0.926 bits per heavy atom. The summed E-state index contributed by atoms with van der Waals surface area (Å²) < 4.78 is 5.44. The second-order valence-corrected chi connectivity index (χ2v) is 6.23. The molecule has 3 rings (SSSR count). The lowest BCUT2D eigenvalue weighted by atomic mass is 10.1. The molecule has 2 aromatic carbocycles. The van der Waals surface area contributed by atoms with E-state index in [4.69, 9.17) is 4.74 Å². The van der Waals surface area contributed by atoms with Gasteiger partial charge in [0.05, 0.1) is 0 Å². The molecule has 0 aliphatic heterocycles. The standard InChI is InChI=1S/C21H22N4O2/c1-15-7-9-18(10-8-15)27-14-21(26)23-20-12-11-19(24-25-20)22-13-17-6-4-3-5-16(17)2/h3-12H,13-14H2,1-2H3,(H,22,24)(H,23,25,26). The minimum atomic E-state index is -0.287. The van der Waals surface area contributed by atoms with Gasteiger partial charge in [-0.25, -0.2) is 0 Å². The number of ether oxygens (including phenoxy) is 1. The van der Waals surface area contributed by atoms with Crippen LogP contribution in [0.4, 0.5) is 11.6 Å². The van der Waals surface area contributed by atoms with Gasteiger partial charge in [-0.05, 0) is 49.2 Å². The van der Waals surface area contributed by atoms with E-state index in [1.54, 1.807) is 12.1 Å². The number of nitrogens with one attached hydrogen (secondary N) is 2. The number of benzene rings is 2. The van der Waals surface area contributed by atoms with Crippen LogP contribution in [0.5, 0.6) is 5.75 Å². The van der Waals surface area contributed by atoms with Crippen molar-refractivity contribution in [3.8, 4) is 5.75 Å². The quantitative estimate of drug-likeness (QED) is 0.670. The number of amides is 1. The average Bonchev–Trinajstić information content (AvgIpc) is 2.68. The summed E-state index contributed by atoms with van der Waals surface area (Å²) in [6, 6.07) is 19.2. The molecule has 2 N–H and O–H groups in total. The number of rotatable bonds is 7. The third-order valence-electron chi connectivity index (χ3n) is 4.04. The van der Waals surface area contributed by atoms with Gasteiger partial charge in [-0.1, -0.05) is 42.0 Å². The van der Waals surface area contributed by atoms with E-state index in [0.29, 0.717) is 23.9 Å². The van der Waals surface area contributed by atoms with Crippen molar-refractivity contribution in [2.75, 3.05) is 17.2 Å². The third kappa shape index (κ3) is 5.54. The number of carbonyl (C=O) groups excluding carboxylic acids is 1. The van der Waals surface area contributed by atoms with Gasteiger partial charge in [-0.2, -0.15) is 0 Å². The first kappa shape index (κ1) is 18.4. The van der Waals surface area contributed by atoms with Crippen LogP contribution in [0.25, 0.3) is 0 Å². The van der Waals surface area contributed by atoms with Crippen LogP contribution in [0.1, 0.15) is 16.7 Å². The summed E-state index contributed by atoms with van der Waals surface area (Å²) in [6.07, 6.45) is 0. The molecule has 6 heteroatoms. The molecule has 138 valence electrons. The zero-order chi connectivity index (χ0) is 19.1. The van der Waals surface area contributed by atoms with Crippen LogP contribution in [-0.4, -0.2) is 22.7 Å². The molecule has 27 heavy (non-hydrogen) atoms. The lowest BCUT2D eigenvalue weighted by Gasteiger charge is -2.09. The van der Waals surface area contributed by atoms with Crippen molar-refractivity contribution < 1.29 is 9.53 Å². The first-order valence-corrected chi connectivity index (χ1v) is 8.71. The van der Waals surface area contributed by atoms with E-state index in [-0.39, 0.29) is 12.5 Å². The largest absolute Gasteiger partial charge is 0.484 e. The molecule has 0 bridgehead atoms. The highest BCUT2D eigenvalue weighted by Crippen LogP contribution is 2.13. The van der Waals surface area contributed by atoms with Crippen molar-refractivity contribution in [1.82, 2.24) is 10.2 Å². The summed E-state index contributed by atoms with van der Waals surface area (Å²) in [5, 5.41) is 14.0. The summed E-state index contributed by atoms with van der Waals surface area (Å²) in [6.45, 7) is 4.64.